The fourth-order valence-electron chi connectivity index (χ4n) is 0.813. The van der Waals surface area contributed by atoms with Gasteiger partial charge in [-0.1, -0.05) is 33.5 Å². The molecule has 0 aromatic heterocycles. The Morgan fingerprint density at radius 1 is 1.31 bits per heavy atom. The van der Waals surface area contributed by atoms with Crippen LogP contribution < -0.4 is 5.14 Å². The lowest BCUT2D eigenvalue weighted by Gasteiger charge is -2.19. The van der Waals surface area contributed by atoms with E-state index in [2.05, 4.69) is 44.9 Å². The Balaban J connectivity index is 4.26. The molecule has 0 aromatic carbocycles. The van der Waals surface area contributed by atoms with Crippen LogP contribution in [0.5, 0.6) is 0 Å². The van der Waals surface area contributed by atoms with Crippen molar-refractivity contribution in [2.24, 2.45) is 5.14 Å². The largest absolute Gasteiger partial charge is 0.286 e. The van der Waals surface area contributed by atoms with E-state index in [-0.39, 0.29) is 0 Å². The summed E-state index contributed by atoms with van der Waals surface area (Å²) in [6, 6.07) is 1.32. The monoisotopic (exact) mass is 219 g/mol. The molecule has 0 aliphatic heterocycles. The number of hydrogen-bond donors (Lipinski definition) is 1. The normalized spacial score (nSPS) is 16.9. The van der Waals surface area contributed by atoms with Gasteiger partial charge < -0.3 is 0 Å². The van der Waals surface area contributed by atoms with Gasteiger partial charge >= 0.3 is 0 Å². The van der Waals surface area contributed by atoms with Crippen molar-refractivity contribution in [2.45, 2.75) is 51.2 Å². The van der Waals surface area contributed by atoms with Crippen LogP contribution in [0.15, 0.2) is 0 Å². The lowest BCUT2D eigenvalue weighted by Crippen LogP contribution is -2.18. The fourth-order valence-corrected chi connectivity index (χ4v) is 2.74. The fraction of sp³-hybridized carbons (Fsp3) is 0.900. The lowest BCUT2D eigenvalue weighted by atomic mass is 10.6. The summed E-state index contributed by atoms with van der Waals surface area (Å²) < 4.78 is 0. The highest BCUT2D eigenvalue weighted by Crippen LogP contribution is 2.26. The van der Waals surface area contributed by atoms with Crippen LogP contribution in [0.25, 0.3) is 0 Å². The van der Waals surface area contributed by atoms with E-state index < -0.39 is 17.7 Å². The first-order chi connectivity index (χ1) is 5.65. The summed E-state index contributed by atoms with van der Waals surface area (Å²) in [7, 11) is -1.94. The van der Waals surface area contributed by atoms with Crippen LogP contribution >= 0.6 is 9.62 Å². The summed E-state index contributed by atoms with van der Waals surface area (Å²) in [6.07, 6.45) is 3.25. The van der Waals surface area contributed by atoms with E-state index in [1.54, 1.807) is 0 Å². The molecule has 0 fully saturated rings. The van der Waals surface area contributed by atoms with Crippen molar-refractivity contribution in [2.75, 3.05) is 6.26 Å². The van der Waals surface area contributed by atoms with Crippen molar-refractivity contribution in [1.82, 2.24) is 0 Å². The molecule has 0 spiro atoms. The van der Waals surface area contributed by atoms with Gasteiger partial charge in [0, 0.05) is 19.7 Å². The molecule has 0 bridgehead atoms. The SMILES string of the molecule is CC(C)S(C)(N)#CCC[Si](C)(C)C. The minimum absolute atomic E-state index is 0.564. The average Bonchev–Trinajstić information content (AvgIpc) is 1.82. The Morgan fingerprint density at radius 3 is 2.08 bits per heavy atom. The van der Waals surface area contributed by atoms with E-state index in [9.17, 15) is 0 Å². The van der Waals surface area contributed by atoms with E-state index in [1.807, 2.05) is 0 Å². The van der Waals surface area contributed by atoms with E-state index >= 15 is 0 Å². The second-order valence-corrected chi connectivity index (χ2v) is 14.2. The summed E-state index contributed by atoms with van der Waals surface area (Å²) in [5.41, 5.74) is 0. The zero-order chi connectivity index (χ0) is 10.7. The Labute approximate surface area is 85.8 Å². The zero-order valence-electron chi connectivity index (χ0n) is 9.98. The Hall–Kier alpha value is 0.307. The summed E-state index contributed by atoms with van der Waals surface area (Å²) >= 11 is 0. The molecule has 1 unspecified atom stereocenters. The molecule has 0 rings (SSSR count). The van der Waals surface area contributed by atoms with Gasteiger partial charge in [-0.2, -0.15) is 0 Å². The molecule has 0 amide bonds. The molecule has 1 nitrogen and oxygen atoms in total. The van der Waals surface area contributed by atoms with Gasteiger partial charge in [-0.25, -0.2) is 0 Å². The maximum atomic E-state index is 6.18. The van der Waals surface area contributed by atoms with Gasteiger partial charge in [-0.3, -0.25) is 5.14 Å². The molecule has 0 aliphatic carbocycles. The highest BCUT2D eigenvalue weighted by Gasteiger charge is 2.11. The third kappa shape index (κ3) is 6.39. The zero-order valence-corrected chi connectivity index (χ0v) is 11.8. The Bertz CT molecular complexity index is 253. The summed E-state index contributed by atoms with van der Waals surface area (Å²) in [5.74, 6) is 0. The molecular weight excluding hydrogens is 194 g/mol. The highest BCUT2D eigenvalue weighted by molar-refractivity contribution is 8.22. The topological polar surface area (TPSA) is 26.0 Å². The molecule has 0 aromatic rings. The molecule has 2 N–H and O–H groups in total. The van der Waals surface area contributed by atoms with Crippen LogP contribution in [0, 0.1) is 5.18 Å². The minimum atomic E-state index is -1.05. The average molecular weight is 219 g/mol. The van der Waals surface area contributed by atoms with Gasteiger partial charge in [0.2, 0.25) is 0 Å². The van der Waals surface area contributed by atoms with Gasteiger partial charge in [-0.05, 0) is 12.3 Å². The summed E-state index contributed by atoms with van der Waals surface area (Å²) in [5, 5.41) is 10.3. The minimum Gasteiger partial charge on any atom is -0.286 e. The third-order valence-corrected chi connectivity index (χ3v) is 6.80. The lowest BCUT2D eigenvalue weighted by molar-refractivity contribution is 1.10. The first kappa shape index (κ1) is 13.3. The van der Waals surface area contributed by atoms with Crippen LogP contribution in [0.3, 0.4) is 0 Å². The standard InChI is InChI=1S/C10H25NSSi/c1-10(2)12(3,11)8-7-9-13(4,5)6/h10H,7,9,11H2,1-6H3. The van der Waals surface area contributed by atoms with Crippen LogP contribution in [-0.2, 0) is 0 Å². The Morgan fingerprint density at radius 2 is 1.77 bits per heavy atom. The number of rotatable bonds is 2. The van der Waals surface area contributed by atoms with E-state index in [0.29, 0.717) is 5.25 Å². The van der Waals surface area contributed by atoms with Gasteiger partial charge in [-0.15, -0.1) is 14.8 Å². The molecule has 0 radical (unpaired) electrons. The van der Waals surface area contributed by atoms with Crippen molar-refractivity contribution < 1.29 is 0 Å². The van der Waals surface area contributed by atoms with E-state index in [4.69, 9.17) is 5.14 Å². The van der Waals surface area contributed by atoms with Gasteiger partial charge in [0.05, 0.1) is 0 Å². The molecule has 0 saturated carbocycles. The maximum Gasteiger partial charge on any atom is 0.0452 e. The van der Waals surface area contributed by atoms with Crippen LogP contribution in [0.2, 0.25) is 25.7 Å². The van der Waals surface area contributed by atoms with E-state index in [0.717, 1.165) is 6.42 Å². The quantitative estimate of drug-likeness (QED) is 0.708. The molecule has 0 saturated heterocycles. The summed E-state index contributed by atoms with van der Waals surface area (Å²) in [6.45, 7) is 11.6. The second-order valence-electron chi connectivity index (χ2n) is 5.30. The molecule has 1 atom stereocenters. The molecular formula is C10H25NSSi. The van der Waals surface area contributed by atoms with Gasteiger partial charge in [0.1, 0.15) is 0 Å². The van der Waals surface area contributed by atoms with Crippen molar-refractivity contribution >= 4 is 17.7 Å². The van der Waals surface area contributed by atoms with Crippen molar-refractivity contribution in [3.8, 4) is 5.18 Å². The van der Waals surface area contributed by atoms with Gasteiger partial charge in [0.15, 0.2) is 0 Å². The first-order valence-corrected chi connectivity index (χ1v) is 10.8. The number of nitrogens with two attached hydrogens (primary N) is 1. The summed E-state index contributed by atoms with van der Waals surface area (Å²) in [4.78, 5) is 0. The Kier molecular flexibility index (Phi) is 4.81. The highest BCUT2D eigenvalue weighted by atomic mass is 32.2. The van der Waals surface area contributed by atoms with Crippen LogP contribution in [0.1, 0.15) is 20.3 Å². The smallest absolute Gasteiger partial charge is 0.0452 e. The van der Waals surface area contributed by atoms with Crippen molar-refractivity contribution in [1.29, 1.82) is 0 Å². The second kappa shape index (κ2) is 4.69. The number of hydrogen-bond acceptors (Lipinski definition) is 1. The van der Waals surface area contributed by atoms with E-state index in [1.165, 1.54) is 6.04 Å². The van der Waals surface area contributed by atoms with Crippen molar-refractivity contribution in [3.63, 3.8) is 0 Å². The molecule has 13 heavy (non-hydrogen) atoms. The van der Waals surface area contributed by atoms with Crippen LogP contribution in [-0.4, -0.2) is 19.6 Å². The molecule has 3 heteroatoms. The predicted octanol–water partition coefficient (Wildman–Crippen LogP) is 3.39. The molecule has 80 valence electrons. The molecule has 0 heterocycles. The third-order valence-electron chi connectivity index (χ3n) is 2.27. The van der Waals surface area contributed by atoms with Crippen LogP contribution in [0.4, 0.5) is 0 Å². The van der Waals surface area contributed by atoms with Crippen molar-refractivity contribution in [3.05, 3.63) is 0 Å². The van der Waals surface area contributed by atoms with Gasteiger partial charge in [0.25, 0.3) is 0 Å². The molecule has 0 aliphatic rings. The predicted molar refractivity (Wildman–Crippen MR) is 69.5 cm³/mol. The first-order valence-electron chi connectivity index (χ1n) is 4.95. The maximum absolute atomic E-state index is 6.18.